The van der Waals surface area contributed by atoms with Crippen LogP contribution in [0.3, 0.4) is 0 Å². The molecule has 4 aromatic rings. The van der Waals surface area contributed by atoms with E-state index in [1.165, 1.54) is 0 Å². The molecule has 0 N–H and O–H groups in total. The van der Waals surface area contributed by atoms with Crippen LogP contribution in [0.25, 0.3) is 11.4 Å². The predicted molar refractivity (Wildman–Crippen MR) is 117 cm³/mol. The van der Waals surface area contributed by atoms with Gasteiger partial charge in [-0.25, -0.2) is 8.42 Å². The molecule has 0 bridgehead atoms. The lowest BCUT2D eigenvalue weighted by atomic mass is 10.1. The number of aromatic nitrogens is 3. The number of sulfone groups is 1. The van der Waals surface area contributed by atoms with Crippen molar-refractivity contribution >= 4 is 27.3 Å². The van der Waals surface area contributed by atoms with Crippen LogP contribution in [0, 0.1) is 0 Å². The van der Waals surface area contributed by atoms with Crippen molar-refractivity contribution in [2.45, 2.75) is 14.6 Å². The largest absolute Gasteiger partial charge is 0.222 e. The molecule has 0 saturated carbocycles. The summed E-state index contributed by atoms with van der Waals surface area (Å²) in [4.78, 5) is 0.252. The summed E-state index contributed by atoms with van der Waals surface area (Å²) >= 11 is 1.15. The fraction of sp³-hybridized carbons (Fsp3) is 0.0455. The highest BCUT2D eigenvalue weighted by molar-refractivity contribution is 8.14. The molecule has 1 aromatic heterocycles. The maximum Gasteiger partial charge on any atom is 0.214 e. The van der Waals surface area contributed by atoms with E-state index >= 15 is 0 Å². The lowest BCUT2D eigenvalue weighted by Gasteiger charge is -2.23. The average molecular weight is 433 g/mol. The summed E-state index contributed by atoms with van der Waals surface area (Å²) in [5.74, 6) is 0.571. The minimum atomic E-state index is -3.71. The molecule has 6 nitrogen and oxygen atoms in total. The smallest absolute Gasteiger partial charge is 0.214 e. The minimum Gasteiger partial charge on any atom is -0.222 e. The standard InChI is InChI=1S/C22H16N4O2S2/c27-30(28,18-14-8-3-9-15-18)21-19(16-10-4-1-5-11-16)25-26-20(23-24-22(26)29-21)17-12-6-2-7-13-17/h1-15,21H. The minimum absolute atomic E-state index is 0.252. The zero-order valence-electron chi connectivity index (χ0n) is 15.7. The second-order valence-electron chi connectivity index (χ2n) is 6.64. The molecule has 3 aromatic carbocycles. The summed E-state index contributed by atoms with van der Waals surface area (Å²) in [6.07, 6.45) is 0. The molecule has 2 heterocycles. The van der Waals surface area contributed by atoms with E-state index in [9.17, 15) is 8.42 Å². The Morgan fingerprint density at radius 3 is 1.93 bits per heavy atom. The molecule has 0 aliphatic carbocycles. The van der Waals surface area contributed by atoms with Crippen molar-refractivity contribution in [3.05, 3.63) is 96.6 Å². The van der Waals surface area contributed by atoms with Gasteiger partial charge in [-0.15, -0.1) is 10.2 Å². The third-order valence-electron chi connectivity index (χ3n) is 4.71. The van der Waals surface area contributed by atoms with Gasteiger partial charge in [-0.2, -0.15) is 9.78 Å². The molecule has 1 aliphatic rings. The summed E-state index contributed by atoms with van der Waals surface area (Å²) in [5, 5.41) is 13.7. The predicted octanol–water partition coefficient (Wildman–Crippen LogP) is 4.10. The van der Waals surface area contributed by atoms with Crippen molar-refractivity contribution in [1.82, 2.24) is 14.9 Å². The van der Waals surface area contributed by atoms with Crippen LogP contribution in [-0.2, 0) is 9.84 Å². The molecular weight excluding hydrogens is 416 g/mol. The van der Waals surface area contributed by atoms with Crippen molar-refractivity contribution in [2.24, 2.45) is 5.10 Å². The van der Waals surface area contributed by atoms with Gasteiger partial charge in [-0.3, -0.25) is 0 Å². The highest BCUT2D eigenvalue weighted by Gasteiger charge is 2.39. The van der Waals surface area contributed by atoms with Crippen LogP contribution in [0.1, 0.15) is 5.56 Å². The molecule has 5 rings (SSSR count). The summed E-state index contributed by atoms with van der Waals surface area (Å²) in [6.45, 7) is 0. The van der Waals surface area contributed by atoms with Crippen LogP contribution in [0.15, 0.2) is 106 Å². The van der Waals surface area contributed by atoms with Crippen LogP contribution in [0.4, 0.5) is 0 Å². The Hall–Kier alpha value is -3.23. The van der Waals surface area contributed by atoms with Crippen molar-refractivity contribution in [3.63, 3.8) is 0 Å². The van der Waals surface area contributed by atoms with Crippen molar-refractivity contribution in [2.75, 3.05) is 0 Å². The van der Waals surface area contributed by atoms with Gasteiger partial charge in [0.1, 0.15) is 0 Å². The summed E-state index contributed by atoms with van der Waals surface area (Å²) in [5.41, 5.74) is 2.05. The first-order valence-corrected chi connectivity index (χ1v) is 11.7. The number of nitrogens with zero attached hydrogens (tertiary/aromatic N) is 4. The summed E-state index contributed by atoms with van der Waals surface area (Å²) in [7, 11) is -3.71. The number of hydrogen-bond acceptors (Lipinski definition) is 6. The van der Waals surface area contributed by atoms with E-state index in [2.05, 4.69) is 10.2 Å². The molecule has 0 spiro atoms. The number of hydrogen-bond donors (Lipinski definition) is 0. The Morgan fingerprint density at radius 2 is 1.30 bits per heavy atom. The van der Waals surface area contributed by atoms with Crippen LogP contribution >= 0.6 is 11.8 Å². The van der Waals surface area contributed by atoms with E-state index in [0.29, 0.717) is 16.7 Å². The molecule has 0 amide bonds. The molecule has 1 unspecified atom stereocenters. The molecule has 148 valence electrons. The molecule has 1 atom stereocenters. The van der Waals surface area contributed by atoms with E-state index in [-0.39, 0.29) is 4.90 Å². The molecule has 0 fully saturated rings. The first-order chi connectivity index (χ1) is 14.6. The zero-order chi connectivity index (χ0) is 20.6. The maximum absolute atomic E-state index is 13.5. The average Bonchev–Trinajstić information content (AvgIpc) is 3.23. The van der Waals surface area contributed by atoms with Gasteiger partial charge in [0.15, 0.2) is 20.2 Å². The number of thioether (sulfide) groups is 1. The van der Waals surface area contributed by atoms with Gasteiger partial charge in [0, 0.05) is 11.1 Å². The van der Waals surface area contributed by atoms with E-state index in [4.69, 9.17) is 5.10 Å². The summed E-state index contributed by atoms with van der Waals surface area (Å²) in [6, 6.07) is 27.4. The van der Waals surface area contributed by atoms with Crippen molar-refractivity contribution in [1.29, 1.82) is 0 Å². The Morgan fingerprint density at radius 1 is 0.733 bits per heavy atom. The normalized spacial score (nSPS) is 16.0. The molecule has 1 aliphatic heterocycles. The highest BCUT2D eigenvalue weighted by atomic mass is 32.3. The van der Waals surface area contributed by atoms with Crippen LogP contribution in [-0.4, -0.2) is 33.6 Å². The Kier molecular flexibility index (Phi) is 4.72. The van der Waals surface area contributed by atoms with Gasteiger partial charge in [-0.1, -0.05) is 90.6 Å². The second kappa shape index (κ2) is 7.55. The van der Waals surface area contributed by atoms with Gasteiger partial charge in [0.25, 0.3) is 0 Å². The van der Waals surface area contributed by atoms with Crippen LogP contribution < -0.4 is 0 Å². The fourth-order valence-electron chi connectivity index (χ4n) is 3.25. The number of fused-ring (bicyclic) bond motifs is 1. The van der Waals surface area contributed by atoms with E-state index in [0.717, 1.165) is 22.9 Å². The topological polar surface area (TPSA) is 77.2 Å². The van der Waals surface area contributed by atoms with Gasteiger partial charge in [-0.05, 0) is 12.1 Å². The zero-order valence-corrected chi connectivity index (χ0v) is 17.3. The lowest BCUT2D eigenvalue weighted by molar-refractivity contribution is 0.597. The third-order valence-corrected chi connectivity index (χ3v) is 8.38. The van der Waals surface area contributed by atoms with Crippen LogP contribution in [0.2, 0.25) is 0 Å². The Bertz CT molecular complexity index is 1320. The first-order valence-electron chi connectivity index (χ1n) is 9.25. The second-order valence-corrected chi connectivity index (χ2v) is 10.0. The SMILES string of the molecule is O=S(=O)(c1ccccc1)C1Sc2nnc(-c3ccccc3)n2N=C1c1ccccc1. The van der Waals surface area contributed by atoms with E-state index in [1.807, 2.05) is 60.7 Å². The van der Waals surface area contributed by atoms with Gasteiger partial charge in [0.2, 0.25) is 5.16 Å². The number of benzene rings is 3. The Labute approximate surface area is 178 Å². The summed E-state index contributed by atoms with van der Waals surface area (Å²) < 4.78 is 27.7. The van der Waals surface area contributed by atoms with E-state index in [1.54, 1.807) is 35.0 Å². The molecule has 0 radical (unpaired) electrons. The molecule has 30 heavy (non-hydrogen) atoms. The highest BCUT2D eigenvalue weighted by Crippen LogP contribution is 2.37. The van der Waals surface area contributed by atoms with Gasteiger partial charge in [0.05, 0.1) is 10.6 Å². The number of rotatable bonds is 4. The van der Waals surface area contributed by atoms with E-state index < -0.39 is 14.4 Å². The molecule has 8 heteroatoms. The van der Waals surface area contributed by atoms with Crippen LogP contribution in [0.5, 0.6) is 0 Å². The first kappa shape index (κ1) is 18.8. The van der Waals surface area contributed by atoms with Crippen molar-refractivity contribution < 1.29 is 8.42 Å². The molecular formula is C22H16N4O2S2. The quantitative estimate of drug-likeness (QED) is 0.485. The Balaban J connectivity index is 1.69. The monoisotopic (exact) mass is 432 g/mol. The van der Waals surface area contributed by atoms with Crippen molar-refractivity contribution in [3.8, 4) is 11.4 Å². The fourth-order valence-corrected chi connectivity index (χ4v) is 6.41. The van der Waals surface area contributed by atoms with Gasteiger partial charge >= 0.3 is 0 Å². The third kappa shape index (κ3) is 3.24. The molecule has 0 saturated heterocycles. The van der Waals surface area contributed by atoms with Gasteiger partial charge < -0.3 is 0 Å². The lowest BCUT2D eigenvalue weighted by Crippen LogP contribution is -2.32. The maximum atomic E-state index is 13.5.